The Balaban J connectivity index is 2.89. The molecule has 0 aliphatic carbocycles. The molecule has 0 aromatic carbocycles. The van der Waals surface area contributed by atoms with Gasteiger partial charge in [0.2, 0.25) is 0 Å². The molecule has 0 radical (unpaired) electrons. The molecule has 5 heteroatoms. The number of aryl methyl sites for hydroxylation is 1. The van der Waals surface area contributed by atoms with E-state index >= 15 is 0 Å². The molecule has 1 aromatic heterocycles. The van der Waals surface area contributed by atoms with Crippen molar-refractivity contribution in [1.82, 2.24) is 14.8 Å². The molecule has 1 rings (SSSR count). The number of H-pyrrole nitrogens is 1. The Hall–Kier alpha value is -1.10. The van der Waals surface area contributed by atoms with E-state index in [1.165, 1.54) is 4.68 Å². The van der Waals surface area contributed by atoms with Crippen molar-refractivity contribution < 1.29 is 0 Å². The lowest BCUT2D eigenvalue weighted by molar-refractivity contribution is 0.342. The van der Waals surface area contributed by atoms with Crippen LogP contribution in [0.1, 0.15) is 33.0 Å². The zero-order chi connectivity index (χ0) is 10.8. The smallest absolute Gasteiger partial charge is 0.330 e. The van der Waals surface area contributed by atoms with Crippen LogP contribution in [-0.4, -0.2) is 21.3 Å². The van der Waals surface area contributed by atoms with Crippen LogP contribution in [0.3, 0.4) is 0 Å². The van der Waals surface area contributed by atoms with Gasteiger partial charge in [0, 0.05) is 6.42 Å². The second-order valence-corrected chi connectivity index (χ2v) is 4.35. The molecule has 80 valence electrons. The third kappa shape index (κ3) is 2.45. The van der Waals surface area contributed by atoms with Gasteiger partial charge in [-0.1, -0.05) is 0 Å². The number of rotatable bonds is 3. The van der Waals surface area contributed by atoms with Crippen molar-refractivity contribution >= 4 is 0 Å². The summed E-state index contributed by atoms with van der Waals surface area (Å²) in [6, 6.07) is 0. The van der Waals surface area contributed by atoms with Crippen molar-refractivity contribution in [3.63, 3.8) is 0 Å². The third-order valence-corrected chi connectivity index (χ3v) is 1.92. The van der Waals surface area contributed by atoms with E-state index in [0.29, 0.717) is 6.54 Å². The van der Waals surface area contributed by atoms with Gasteiger partial charge >= 0.3 is 5.69 Å². The monoisotopic (exact) mass is 198 g/mol. The Bertz CT molecular complexity index is 344. The molecule has 5 nitrogen and oxygen atoms in total. The van der Waals surface area contributed by atoms with E-state index in [9.17, 15) is 4.79 Å². The predicted octanol–water partition coefficient (Wildman–Crippen LogP) is 0.218. The molecule has 0 fully saturated rings. The van der Waals surface area contributed by atoms with Gasteiger partial charge in [0.05, 0.1) is 5.54 Å². The molecule has 1 aromatic rings. The molecule has 0 aliphatic heterocycles. The molecule has 0 saturated heterocycles. The van der Waals surface area contributed by atoms with E-state index in [1.807, 2.05) is 20.8 Å². The summed E-state index contributed by atoms with van der Waals surface area (Å²) in [6.07, 6.45) is 1.58. The van der Waals surface area contributed by atoms with Crippen LogP contribution in [0, 0.1) is 0 Å². The lowest BCUT2D eigenvalue weighted by atomic mass is 10.1. The minimum atomic E-state index is -0.269. The van der Waals surface area contributed by atoms with Crippen LogP contribution in [0.15, 0.2) is 4.79 Å². The number of nitrogens with zero attached hydrogens (tertiary/aromatic N) is 2. The second-order valence-electron chi connectivity index (χ2n) is 4.35. The molecule has 0 spiro atoms. The van der Waals surface area contributed by atoms with Crippen molar-refractivity contribution in [2.75, 3.05) is 6.54 Å². The number of aromatic nitrogens is 3. The fraction of sp³-hybridized carbons (Fsp3) is 0.778. The van der Waals surface area contributed by atoms with Crippen molar-refractivity contribution in [3.8, 4) is 0 Å². The van der Waals surface area contributed by atoms with E-state index in [1.54, 1.807) is 0 Å². The minimum Gasteiger partial charge on any atom is -0.330 e. The Kier molecular flexibility index (Phi) is 3.10. The van der Waals surface area contributed by atoms with Crippen LogP contribution in [-0.2, 0) is 12.0 Å². The highest BCUT2D eigenvalue weighted by Crippen LogP contribution is 2.08. The van der Waals surface area contributed by atoms with E-state index in [4.69, 9.17) is 5.73 Å². The highest BCUT2D eigenvalue weighted by Gasteiger charge is 2.18. The summed E-state index contributed by atoms with van der Waals surface area (Å²) in [7, 11) is 0. The van der Waals surface area contributed by atoms with Gasteiger partial charge in [-0.2, -0.15) is 5.10 Å². The fourth-order valence-electron chi connectivity index (χ4n) is 1.20. The third-order valence-electron chi connectivity index (χ3n) is 1.92. The van der Waals surface area contributed by atoms with Crippen molar-refractivity contribution in [2.45, 2.75) is 39.2 Å². The summed E-state index contributed by atoms with van der Waals surface area (Å²) in [5.41, 5.74) is 4.96. The van der Waals surface area contributed by atoms with Crippen LogP contribution >= 0.6 is 0 Å². The number of hydrogen-bond acceptors (Lipinski definition) is 3. The summed E-state index contributed by atoms with van der Waals surface area (Å²) in [5, 5.41) is 4.21. The SMILES string of the molecule is CC(C)(C)n1nc(CCCN)[nH]c1=O. The molecular formula is C9H18N4O. The molecule has 14 heavy (non-hydrogen) atoms. The predicted molar refractivity (Wildman–Crippen MR) is 55.2 cm³/mol. The first-order chi connectivity index (χ1) is 6.45. The lowest BCUT2D eigenvalue weighted by Gasteiger charge is -2.16. The van der Waals surface area contributed by atoms with Crippen LogP contribution in [0.25, 0.3) is 0 Å². The first-order valence-electron chi connectivity index (χ1n) is 4.84. The van der Waals surface area contributed by atoms with Crippen molar-refractivity contribution in [1.29, 1.82) is 0 Å². The van der Waals surface area contributed by atoms with Crippen LogP contribution in [0.2, 0.25) is 0 Å². The normalized spacial score (nSPS) is 12.0. The first-order valence-corrected chi connectivity index (χ1v) is 4.84. The average Bonchev–Trinajstić information content (AvgIpc) is 2.42. The first kappa shape index (κ1) is 11.0. The van der Waals surface area contributed by atoms with Gasteiger partial charge < -0.3 is 5.73 Å². The largest absolute Gasteiger partial charge is 0.343 e. The maximum Gasteiger partial charge on any atom is 0.343 e. The zero-order valence-corrected chi connectivity index (χ0v) is 9.00. The van der Waals surface area contributed by atoms with Gasteiger partial charge in [-0.05, 0) is 33.7 Å². The minimum absolute atomic E-state index is 0.149. The molecule has 3 N–H and O–H groups in total. The van der Waals surface area contributed by atoms with Crippen LogP contribution in [0.4, 0.5) is 0 Å². The molecule has 0 aliphatic rings. The average molecular weight is 198 g/mol. The Morgan fingerprint density at radius 3 is 2.57 bits per heavy atom. The Morgan fingerprint density at radius 1 is 1.50 bits per heavy atom. The van der Waals surface area contributed by atoms with Crippen LogP contribution < -0.4 is 11.4 Å². The van der Waals surface area contributed by atoms with Gasteiger partial charge in [0.1, 0.15) is 5.82 Å². The molecule has 0 atom stereocenters. The Labute approximate surface area is 83.3 Å². The van der Waals surface area contributed by atoms with Crippen LogP contribution in [0.5, 0.6) is 0 Å². The molecule has 0 amide bonds. The molecule has 1 heterocycles. The maximum atomic E-state index is 11.5. The molecule has 0 bridgehead atoms. The summed E-state index contributed by atoms with van der Waals surface area (Å²) in [4.78, 5) is 14.2. The van der Waals surface area contributed by atoms with Crippen molar-refractivity contribution in [2.24, 2.45) is 5.73 Å². The van der Waals surface area contributed by atoms with E-state index in [2.05, 4.69) is 10.1 Å². The second kappa shape index (κ2) is 3.96. The highest BCUT2D eigenvalue weighted by molar-refractivity contribution is 4.86. The zero-order valence-electron chi connectivity index (χ0n) is 9.00. The van der Waals surface area contributed by atoms with Gasteiger partial charge in [0.25, 0.3) is 0 Å². The molecule has 0 saturated carbocycles. The number of aromatic amines is 1. The number of hydrogen-bond donors (Lipinski definition) is 2. The topological polar surface area (TPSA) is 76.7 Å². The lowest BCUT2D eigenvalue weighted by Crippen LogP contribution is -2.33. The molecule has 0 unspecified atom stereocenters. The highest BCUT2D eigenvalue weighted by atomic mass is 16.2. The van der Waals surface area contributed by atoms with E-state index < -0.39 is 0 Å². The fourth-order valence-corrected chi connectivity index (χ4v) is 1.20. The summed E-state index contributed by atoms with van der Waals surface area (Å²) < 4.78 is 1.47. The quantitative estimate of drug-likeness (QED) is 0.729. The van der Waals surface area contributed by atoms with Gasteiger partial charge in [-0.3, -0.25) is 4.98 Å². The summed E-state index contributed by atoms with van der Waals surface area (Å²) >= 11 is 0. The van der Waals surface area contributed by atoms with Gasteiger partial charge in [-0.25, -0.2) is 9.48 Å². The number of nitrogens with one attached hydrogen (secondary N) is 1. The molecular weight excluding hydrogens is 180 g/mol. The number of nitrogens with two attached hydrogens (primary N) is 1. The van der Waals surface area contributed by atoms with Gasteiger partial charge in [-0.15, -0.1) is 0 Å². The standard InChI is InChI=1S/C9H18N4O/c1-9(2,3)13-8(14)11-7(12-13)5-4-6-10/h4-6,10H2,1-3H3,(H,11,12,14). The summed E-state index contributed by atoms with van der Waals surface area (Å²) in [5.74, 6) is 0.718. The van der Waals surface area contributed by atoms with E-state index in [0.717, 1.165) is 18.7 Å². The van der Waals surface area contributed by atoms with E-state index in [-0.39, 0.29) is 11.2 Å². The maximum absolute atomic E-state index is 11.5. The summed E-state index contributed by atoms with van der Waals surface area (Å²) in [6.45, 7) is 6.45. The van der Waals surface area contributed by atoms with Crippen molar-refractivity contribution in [3.05, 3.63) is 16.3 Å². The van der Waals surface area contributed by atoms with Gasteiger partial charge in [0.15, 0.2) is 0 Å². The Morgan fingerprint density at radius 2 is 2.14 bits per heavy atom.